The molecule has 1 amide bonds. The predicted octanol–water partition coefficient (Wildman–Crippen LogP) is 2.86. The molecule has 11 heteroatoms. The summed E-state index contributed by atoms with van der Waals surface area (Å²) >= 11 is 4.23. The molecule has 0 radical (unpaired) electrons. The van der Waals surface area contributed by atoms with Gasteiger partial charge in [0.05, 0.1) is 11.4 Å². The fourth-order valence-electron chi connectivity index (χ4n) is 2.67. The van der Waals surface area contributed by atoms with Crippen LogP contribution in [-0.4, -0.2) is 27.3 Å². The fourth-order valence-corrected chi connectivity index (χ4v) is 2.97. The van der Waals surface area contributed by atoms with Crippen molar-refractivity contribution >= 4 is 29.4 Å². The lowest BCUT2D eigenvalue weighted by Gasteiger charge is -2.15. The van der Waals surface area contributed by atoms with Crippen LogP contribution in [-0.2, 0) is 11.3 Å². The largest absolute Gasteiger partial charge is 0.573 e. The van der Waals surface area contributed by atoms with Crippen molar-refractivity contribution in [1.82, 2.24) is 20.3 Å². The van der Waals surface area contributed by atoms with E-state index in [0.717, 1.165) is 16.8 Å². The van der Waals surface area contributed by atoms with Crippen molar-refractivity contribution < 1.29 is 22.7 Å². The predicted molar refractivity (Wildman–Crippen MR) is 101 cm³/mol. The molecule has 152 valence electrons. The normalized spacial score (nSPS) is 12.6. The fraction of sp³-hybridized carbons (Fsp3) is 0.222. The first-order chi connectivity index (χ1) is 13.6. The lowest BCUT2D eigenvalue weighted by molar-refractivity contribution is -0.274. The van der Waals surface area contributed by atoms with Gasteiger partial charge in [0.25, 0.3) is 5.56 Å². The van der Waals surface area contributed by atoms with Crippen LogP contribution in [0.15, 0.2) is 52.2 Å². The second-order valence-corrected chi connectivity index (χ2v) is 6.61. The standard InChI is InChI=1S/C18H15F3N4O3S/c1-10(11-5-7-12(8-6-11)28-18(19,20)21)22-15(26)9-25-17(27)16-13(23-24-25)3-2-4-14(16)29/h2-8,10,29H,9H2,1H3,(H,22,26)/t10-/m0/s1. The number of benzene rings is 2. The molecule has 0 aliphatic heterocycles. The van der Waals surface area contributed by atoms with Gasteiger partial charge in [0.15, 0.2) is 0 Å². The van der Waals surface area contributed by atoms with Crippen LogP contribution in [0.25, 0.3) is 10.9 Å². The summed E-state index contributed by atoms with van der Waals surface area (Å²) in [6.45, 7) is 1.28. The minimum Gasteiger partial charge on any atom is -0.406 e. The molecule has 0 aliphatic carbocycles. The van der Waals surface area contributed by atoms with E-state index in [1.165, 1.54) is 12.1 Å². The molecule has 0 bridgehead atoms. The van der Waals surface area contributed by atoms with Gasteiger partial charge in [-0.25, -0.2) is 4.68 Å². The number of nitrogens with zero attached hydrogens (tertiary/aromatic N) is 3. The molecule has 7 nitrogen and oxygen atoms in total. The minimum atomic E-state index is -4.78. The number of carbonyl (C=O) groups excluding carboxylic acids is 1. The lowest BCUT2D eigenvalue weighted by Crippen LogP contribution is -2.35. The number of ether oxygens (including phenoxy) is 1. The van der Waals surface area contributed by atoms with Crippen LogP contribution in [0.2, 0.25) is 0 Å². The van der Waals surface area contributed by atoms with Crippen molar-refractivity contribution in [2.24, 2.45) is 0 Å². The van der Waals surface area contributed by atoms with Crippen molar-refractivity contribution in [1.29, 1.82) is 0 Å². The number of thiol groups is 1. The third-order valence-corrected chi connectivity index (χ3v) is 4.39. The van der Waals surface area contributed by atoms with Crippen LogP contribution in [0.5, 0.6) is 5.75 Å². The monoisotopic (exact) mass is 424 g/mol. The number of alkyl halides is 3. The average molecular weight is 424 g/mol. The summed E-state index contributed by atoms with van der Waals surface area (Å²) in [5, 5.41) is 10.6. The molecule has 1 N–H and O–H groups in total. The summed E-state index contributed by atoms with van der Waals surface area (Å²) < 4.78 is 41.4. The molecule has 1 aromatic heterocycles. The van der Waals surface area contributed by atoms with Gasteiger partial charge in [-0.15, -0.1) is 30.9 Å². The first-order valence-corrected chi connectivity index (χ1v) is 8.79. The molecule has 0 unspecified atom stereocenters. The Bertz CT molecular complexity index is 1100. The Kier molecular flexibility index (Phi) is 5.78. The van der Waals surface area contributed by atoms with Crippen molar-refractivity contribution in [2.75, 3.05) is 0 Å². The van der Waals surface area contributed by atoms with Crippen LogP contribution >= 0.6 is 12.6 Å². The Balaban J connectivity index is 1.69. The quantitative estimate of drug-likeness (QED) is 0.616. The highest BCUT2D eigenvalue weighted by atomic mass is 32.1. The van der Waals surface area contributed by atoms with E-state index in [-0.39, 0.29) is 17.7 Å². The van der Waals surface area contributed by atoms with Gasteiger partial charge in [0.2, 0.25) is 5.91 Å². The van der Waals surface area contributed by atoms with Gasteiger partial charge in [-0.1, -0.05) is 23.4 Å². The van der Waals surface area contributed by atoms with Crippen LogP contribution in [0.4, 0.5) is 13.2 Å². The Morgan fingerprint density at radius 2 is 1.93 bits per heavy atom. The summed E-state index contributed by atoms with van der Waals surface area (Å²) in [6, 6.07) is 9.52. The summed E-state index contributed by atoms with van der Waals surface area (Å²) in [6.07, 6.45) is -4.78. The molecular formula is C18H15F3N4O3S. The molecule has 0 aliphatic rings. The molecule has 3 aromatic rings. The van der Waals surface area contributed by atoms with Crippen LogP contribution in [0.1, 0.15) is 18.5 Å². The van der Waals surface area contributed by atoms with Crippen molar-refractivity contribution in [3.05, 3.63) is 58.4 Å². The maximum atomic E-state index is 12.5. The minimum absolute atomic E-state index is 0.256. The Hall–Kier alpha value is -3.08. The maximum Gasteiger partial charge on any atom is 0.573 e. The van der Waals surface area contributed by atoms with E-state index < -0.39 is 23.9 Å². The zero-order valence-electron chi connectivity index (χ0n) is 15.0. The van der Waals surface area contributed by atoms with Crippen LogP contribution in [0, 0.1) is 0 Å². The molecule has 2 aromatic carbocycles. The second-order valence-electron chi connectivity index (χ2n) is 6.13. The molecule has 0 saturated carbocycles. The maximum absolute atomic E-state index is 12.5. The van der Waals surface area contributed by atoms with Gasteiger partial charge < -0.3 is 10.1 Å². The van der Waals surface area contributed by atoms with E-state index in [4.69, 9.17) is 0 Å². The molecule has 0 spiro atoms. The first-order valence-electron chi connectivity index (χ1n) is 8.34. The number of nitrogens with one attached hydrogen (secondary N) is 1. The van der Waals surface area contributed by atoms with E-state index in [9.17, 15) is 22.8 Å². The Morgan fingerprint density at radius 3 is 2.59 bits per heavy atom. The number of amides is 1. The molecule has 1 heterocycles. The van der Waals surface area contributed by atoms with Crippen LogP contribution in [0.3, 0.4) is 0 Å². The molecular weight excluding hydrogens is 409 g/mol. The number of carbonyl (C=O) groups is 1. The summed E-state index contributed by atoms with van der Waals surface area (Å²) in [4.78, 5) is 25.2. The number of fused-ring (bicyclic) bond motifs is 1. The van der Waals surface area contributed by atoms with Gasteiger partial charge in [-0.3, -0.25) is 9.59 Å². The van der Waals surface area contributed by atoms with E-state index >= 15 is 0 Å². The zero-order valence-corrected chi connectivity index (χ0v) is 15.9. The lowest BCUT2D eigenvalue weighted by atomic mass is 10.1. The topological polar surface area (TPSA) is 86.1 Å². The van der Waals surface area contributed by atoms with E-state index in [1.807, 2.05) is 0 Å². The molecule has 29 heavy (non-hydrogen) atoms. The van der Waals surface area contributed by atoms with Crippen molar-refractivity contribution in [3.8, 4) is 5.75 Å². The van der Waals surface area contributed by atoms with Gasteiger partial charge in [0, 0.05) is 4.90 Å². The molecule has 3 rings (SSSR count). The number of hydrogen-bond donors (Lipinski definition) is 2. The highest BCUT2D eigenvalue weighted by Crippen LogP contribution is 2.24. The zero-order chi connectivity index (χ0) is 21.2. The Labute approximate surface area is 167 Å². The van der Waals surface area contributed by atoms with Gasteiger partial charge in [-0.2, -0.15) is 0 Å². The smallest absolute Gasteiger partial charge is 0.406 e. The highest BCUT2D eigenvalue weighted by Gasteiger charge is 2.31. The first kappa shape index (κ1) is 20.6. The third kappa shape index (κ3) is 5.05. The van der Waals surface area contributed by atoms with Gasteiger partial charge >= 0.3 is 6.36 Å². The number of rotatable bonds is 5. The summed E-state index contributed by atoms with van der Waals surface area (Å²) in [5.74, 6) is -0.874. The highest BCUT2D eigenvalue weighted by molar-refractivity contribution is 7.80. The summed E-state index contributed by atoms with van der Waals surface area (Å²) in [7, 11) is 0. The van der Waals surface area contributed by atoms with Crippen LogP contribution < -0.4 is 15.6 Å². The van der Waals surface area contributed by atoms with Gasteiger partial charge in [0.1, 0.15) is 17.8 Å². The molecule has 0 saturated heterocycles. The van der Waals surface area contributed by atoms with E-state index in [1.54, 1.807) is 25.1 Å². The van der Waals surface area contributed by atoms with E-state index in [0.29, 0.717) is 16.0 Å². The average Bonchev–Trinajstić information content (AvgIpc) is 2.63. The Morgan fingerprint density at radius 1 is 1.24 bits per heavy atom. The second kappa shape index (κ2) is 8.11. The summed E-state index contributed by atoms with van der Waals surface area (Å²) in [5.41, 5.74) is 0.424. The number of halogens is 3. The SMILES string of the molecule is C[C@H](NC(=O)Cn1nnc2cccc(S)c2c1=O)c1ccc(OC(F)(F)F)cc1. The molecule has 0 fully saturated rings. The van der Waals surface area contributed by atoms with Crippen molar-refractivity contribution in [2.45, 2.75) is 30.8 Å². The molecule has 1 atom stereocenters. The van der Waals surface area contributed by atoms with E-state index in [2.05, 4.69) is 33.0 Å². The number of hydrogen-bond acceptors (Lipinski definition) is 6. The third-order valence-electron chi connectivity index (χ3n) is 4.01. The number of aromatic nitrogens is 3. The van der Waals surface area contributed by atoms with Gasteiger partial charge in [-0.05, 0) is 36.8 Å². The van der Waals surface area contributed by atoms with Crippen molar-refractivity contribution in [3.63, 3.8) is 0 Å².